The molecule has 0 aliphatic rings. The van der Waals surface area contributed by atoms with Crippen LogP contribution in [0.4, 0.5) is 5.69 Å². The summed E-state index contributed by atoms with van der Waals surface area (Å²) >= 11 is 6.02. The Hall–Kier alpha value is -1.56. The number of halogens is 1. The van der Waals surface area contributed by atoms with Crippen molar-refractivity contribution in [2.24, 2.45) is 5.92 Å². The molecule has 1 heterocycles. The fourth-order valence-electron chi connectivity index (χ4n) is 1.61. The van der Waals surface area contributed by atoms with E-state index in [4.69, 9.17) is 11.6 Å². The molecule has 7 heteroatoms. The summed E-state index contributed by atoms with van der Waals surface area (Å²) in [6, 6.07) is 0. The summed E-state index contributed by atoms with van der Waals surface area (Å²) in [7, 11) is 0. The molecule has 0 atom stereocenters. The molecule has 21 heavy (non-hydrogen) atoms. The highest BCUT2D eigenvalue weighted by Crippen LogP contribution is 2.14. The van der Waals surface area contributed by atoms with Gasteiger partial charge in [-0.2, -0.15) is 5.10 Å². The molecule has 118 valence electrons. The van der Waals surface area contributed by atoms with Gasteiger partial charge in [-0.05, 0) is 12.3 Å². The zero-order valence-electron chi connectivity index (χ0n) is 12.8. The lowest BCUT2D eigenvalue weighted by Crippen LogP contribution is -2.33. The molecule has 2 N–H and O–H groups in total. The van der Waals surface area contributed by atoms with Crippen LogP contribution in [0.2, 0.25) is 5.02 Å². The molecule has 1 amide bonds. The second-order valence-electron chi connectivity index (χ2n) is 5.31. The summed E-state index contributed by atoms with van der Waals surface area (Å²) in [6.07, 6.45) is 3.32. The molecule has 0 bridgehead atoms. The van der Waals surface area contributed by atoms with E-state index in [9.17, 15) is 9.59 Å². The predicted molar refractivity (Wildman–Crippen MR) is 84.8 cm³/mol. The Morgan fingerprint density at radius 1 is 1.48 bits per heavy atom. The summed E-state index contributed by atoms with van der Waals surface area (Å²) < 4.78 is 1.34. The Bertz CT molecular complexity index is 528. The van der Waals surface area contributed by atoms with Crippen LogP contribution in [0.3, 0.4) is 0 Å². The SMILES string of the molecule is CCCCn1ncc(NCC(=O)NCC(C)C)c(Cl)c1=O. The summed E-state index contributed by atoms with van der Waals surface area (Å²) in [6.45, 7) is 7.30. The van der Waals surface area contributed by atoms with E-state index >= 15 is 0 Å². The highest BCUT2D eigenvalue weighted by molar-refractivity contribution is 6.33. The molecule has 0 aliphatic carbocycles. The second kappa shape index (κ2) is 8.67. The van der Waals surface area contributed by atoms with Gasteiger partial charge < -0.3 is 10.6 Å². The van der Waals surface area contributed by atoms with E-state index in [1.807, 2.05) is 20.8 Å². The Morgan fingerprint density at radius 3 is 2.81 bits per heavy atom. The number of rotatable bonds is 8. The van der Waals surface area contributed by atoms with Crippen molar-refractivity contribution in [1.82, 2.24) is 15.1 Å². The van der Waals surface area contributed by atoms with Crippen LogP contribution in [0.25, 0.3) is 0 Å². The Morgan fingerprint density at radius 2 is 2.19 bits per heavy atom. The normalized spacial score (nSPS) is 10.7. The number of hydrogen-bond donors (Lipinski definition) is 2. The number of nitrogens with one attached hydrogen (secondary N) is 2. The fraction of sp³-hybridized carbons (Fsp3) is 0.643. The van der Waals surface area contributed by atoms with Crippen LogP contribution in [-0.4, -0.2) is 28.8 Å². The highest BCUT2D eigenvalue weighted by Gasteiger charge is 2.10. The van der Waals surface area contributed by atoms with E-state index < -0.39 is 0 Å². The van der Waals surface area contributed by atoms with E-state index in [1.165, 1.54) is 10.9 Å². The number of carbonyl (C=O) groups excluding carboxylic acids is 1. The quantitative estimate of drug-likeness (QED) is 0.768. The molecule has 0 aliphatic heterocycles. The average Bonchev–Trinajstić information content (AvgIpc) is 2.45. The van der Waals surface area contributed by atoms with Crippen LogP contribution in [0.15, 0.2) is 11.0 Å². The van der Waals surface area contributed by atoms with Crippen molar-refractivity contribution in [3.63, 3.8) is 0 Å². The van der Waals surface area contributed by atoms with E-state index in [0.717, 1.165) is 12.8 Å². The second-order valence-corrected chi connectivity index (χ2v) is 5.68. The molecular formula is C14H23ClN4O2. The molecule has 1 aromatic heterocycles. The first-order valence-electron chi connectivity index (χ1n) is 7.21. The van der Waals surface area contributed by atoms with Gasteiger partial charge in [-0.25, -0.2) is 4.68 Å². The lowest BCUT2D eigenvalue weighted by Gasteiger charge is -2.11. The van der Waals surface area contributed by atoms with E-state index in [1.54, 1.807) is 0 Å². The number of aryl methyl sites for hydroxylation is 1. The number of anilines is 1. The Kier molecular flexibility index (Phi) is 7.22. The topological polar surface area (TPSA) is 76.0 Å². The Balaban J connectivity index is 2.62. The van der Waals surface area contributed by atoms with Crippen LogP contribution in [-0.2, 0) is 11.3 Å². The van der Waals surface area contributed by atoms with Gasteiger partial charge in [0.1, 0.15) is 5.02 Å². The maximum absolute atomic E-state index is 12.0. The molecule has 0 unspecified atom stereocenters. The number of hydrogen-bond acceptors (Lipinski definition) is 4. The number of nitrogens with zero attached hydrogens (tertiary/aromatic N) is 2. The number of unbranched alkanes of at least 4 members (excludes halogenated alkanes) is 1. The lowest BCUT2D eigenvalue weighted by atomic mass is 10.2. The third-order valence-electron chi connectivity index (χ3n) is 2.86. The van der Waals surface area contributed by atoms with Crippen molar-refractivity contribution in [1.29, 1.82) is 0 Å². The minimum absolute atomic E-state index is 0.0620. The first kappa shape index (κ1) is 17.5. The van der Waals surface area contributed by atoms with Gasteiger partial charge in [-0.15, -0.1) is 0 Å². The maximum Gasteiger partial charge on any atom is 0.287 e. The summed E-state index contributed by atoms with van der Waals surface area (Å²) in [4.78, 5) is 23.6. The fourth-order valence-corrected chi connectivity index (χ4v) is 1.82. The van der Waals surface area contributed by atoms with Crippen molar-refractivity contribution < 1.29 is 4.79 Å². The lowest BCUT2D eigenvalue weighted by molar-refractivity contribution is -0.119. The molecule has 1 aromatic rings. The van der Waals surface area contributed by atoms with Gasteiger partial charge in [0.15, 0.2) is 0 Å². The maximum atomic E-state index is 12.0. The average molecular weight is 315 g/mol. The van der Waals surface area contributed by atoms with Gasteiger partial charge in [0.2, 0.25) is 5.91 Å². The summed E-state index contributed by atoms with van der Waals surface area (Å²) in [5.74, 6) is 0.247. The summed E-state index contributed by atoms with van der Waals surface area (Å²) in [5, 5.41) is 9.74. The van der Waals surface area contributed by atoms with E-state index in [2.05, 4.69) is 15.7 Å². The molecule has 0 saturated carbocycles. The molecule has 0 aromatic carbocycles. The largest absolute Gasteiger partial charge is 0.373 e. The van der Waals surface area contributed by atoms with Crippen LogP contribution >= 0.6 is 11.6 Å². The zero-order valence-corrected chi connectivity index (χ0v) is 13.5. The van der Waals surface area contributed by atoms with Crippen molar-refractivity contribution in [2.75, 3.05) is 18.4 Å². The van der Waals surface area contributed by atoms with Crippen molar-refractivity contribution in [3.05, 3.63) is 21.6 Å². The number of carbonyl (C=O) groups is 1. The summed E-state index contributed by atoms with van der Waals surface area (Å²) in [5.41, 5.74) is 0.0480. The van der Waals surface area contributed by atoms with Gasteiger partial charge in [0.05, 0.1) is 18.4 Å². The smallest absolute Gasteiger partial charge is 0.287 e. The molecule has 6 nitrogen and oxygen atoms in total. The highest BCUT2D eigenvalue weighted by atomic mass is 35.5. The zero-order chi connectivity index (χ0) is 15.8. The van der Waals surface area contributed by atoms with Crippen LogP contribution < -0.4 is 16.2 Å². The minimum atomic E-state index is -0.335. The molecule has 0 fully saturated rings. The monoisotopic (exact) mass is 314 g/mol. The van der Waals surface area contributed by atoms with Gasteiger partial charge in [-0.1, -0.05) is 38.8 Å². The van der Waals surface area contributed by atoms with Crippen molar-refractivity contribution >= 4 is 23.2 Å². The van der Waals surface area contributed by atoms with Crippen molar-refractivity contribution in [3.8, 4) is 0 Å². The molecule has 0 radical (unpaired) electrons. The standard InChI is InChI=1S/C14H23ClN4O2/c1-4-5-6-19-14(21)13(15)11(8-18-19)16-9-12(20)17-7-10(2)3/h8,10,16H,4-7,9H2,1-3H3,(H,17,20). The van der Waals surface area contributed by atoms with Crippen LogP contribution in [0.5, 0.6) is 0 Å². The van der Waals surface area contributed by atoms with E-state index in [0.29, 0.717) is 24.7 Å². The minimum Gasteiger partial charge on any atom is -0.373 e. The first-order chi connectivity index (χ1) is 9.95. The third kappa shape index (κ3) is 5.75. The number of aromatic nitrogens is 2. The van der Waals surface area contributed by atoms with Gasteiger partial charge in [0, 0.05) is 13.1 Å². The van der Waals surface area contributed by atoms with Gasteiger partial charge in [-0.3, -0.25) is 9.59 Å². The molecule has 1 rings (SSSR count). The van der Waals surface area contributed by atoms with Crippen LogP contribution in [0, 0.1) is 5.92 Å². The molecular weight excluding hydrogens is 292 g/mol. The van der Waals surface area contributed by atoms with Gasteiger partial charge in [0.25, 0.3) is 5.56 Å². The Labute approximate surface area is 129 Å². The number of amides is 1. The van der Waals surface area contributed by atoms with Gasteiger partial charge >= 0.3 is 0 Å². The third-order valence-corrected chi connectivity index (χ3v) is 3.22. The molecule has 0 spiro atoms. The van der Waals surface area contributed by atoms with Crippen LogP contribution in [0.1, 0.15) is 33.6 Å². The predicted octanol–water partition coefficient (Wildman–Crippen LogP) is 1.88. The van der Waals surface area contributed by atoms with Crippen molar-refractivity contribution in [2.45, 2.75) is 40.2 Å². The molecule has 0 saturated heterocycles. The first-order valence-corrected chi connectivity index (χ1v) is 7.59. The van der Waals surface area contributed by atoms with E-state index in [-0.39, 0.29) is 23.0 Å².